The van der Waals surface area contributed by atoms with Gasteiger partial charge in [0, 0.05) is 19.5 Å². The summed E-state index contributed by atoms with van der Waals surface area (Å²) in [6.45, 7) is 0.624. The van der Waals surface area contributed by atoms with Crippen LogP contribution in [-0.4, -0.2) is 54.0 Å². The van der Waals surface area contributed by atoms with E-state index in [1.54, 1.807) is 0 Å². The van der Waals surface area contributed by atoms with E-state index in [4.69, 9.17) is 4.74 Å². The van der Waals surface area contributed by atoms with Gasteiger partial charge in [0.15, 0.2) is 5.60 Å². The van der Waals surface area contributed by atoms with Crippen molar-refractivity contribution in [1.82, 2.24) is 4.90 Å². The van der Waals surface area contributed by atoms with Gasteiger partial charge in [-0.1, -0.05) is 0 Å². The normalized spacial score (nSPS) is 28.3. The van der Waals surface area contributed by atoms with Crippen LogP contribution in [0.2, 0.25) is 0 Å². The van der Waals surface area contributed by atoms with E-state index in [1.807, 2.05) is 0 Å². The van der Waals surface area contributed by atoms with Crippen molar-refractivity contribution in [3.63, 3.8) is 0 Å². The molecule has 0 aromatic carbocycles. The molecule has 20 heavy (non-hydrogen) atoms. The van der Waals surface area contributed by atoms with Crippen LogP contribution in [0.25, 0.3) is 0 Å². The fraction of sp³-hybridized carbons (Fsp3) is 0.923. The van der Waals surface area contributed by atoms with E-state index in [0.29, 0.717) is 12.5 Å². The molecule has 2 fully saturated rings. The number of amides is 1. The Hall–Kier alpha value is -0.820. The Morgan fingerprint density at radius 3 is 2.60 bits per heavy atom. The Morgan fingerprint density at radius 1 is 1.30 bits per heavy atom. The molecule has 1 aliphatic heterocycles. The van der Waals surface area contributed by atoms with E-state index in [0.717, 1.165) is 12.8 Å². The first-order valence-corrected chi connectivity index (χ1v) is 6.96. The second-order valence-electron chi connectivity index (χ2n) is 5.72. The SMILES string of the molecule is O=C(COCC1CC1)N1CCCC(O)(C(F)(F)F)CC1. The van der Waals surface area contributed by atoms with Crippen molar-refractivity contribution >= 4 is 5.91 Å². The molecule has 1 atom stereocenters. The summed E-state index contributed by atoms with van der Waals surface area (Å²) in [6.07, 6.45) is -3.08. The van der Waals surface area contributed by atoms with Crippen LogP contribution in [0.1, 0.15) is 32.1 Å². The number of alkyl halides is 3. The summed E-state index contributed by atoms with van der Waals surface area (Å²) < 4.78 is 43.5. The fourth-order valence-corrected chi connectivity index (χ4v) is 2.34. The van der Waals surface area contributed by atoms with Gasteiger partial charge in [-0.05, 0) is 31.6 Å². The van der Waals surface area contributed by atoms with E-state index in [2.05, 4.69) is 0 Å². The summed E-state index contributed by atoms with van der Waals surface area (Å²) in [7, 11) is 0. The van der Waals surface area contributed by atoms with Crippen molar-refractivity contribution in [2.24, 2.45) is 5.92 Å². The Balaban J connectivity index is 1.80. The number of carbonyl (C=O) groups is 1. The van der Waals surface area contributed by atoms with E-state index in [9.17, 15) is 23.1 Å². The monoisotopic (exact) mass is 295 g/mol. The zero-order chi connectivity index (χ0) is 14.8. The van der Waals surface area contributed by atoms with Gasteiger partial charge in [0.05, 0.1) is 6.61 Å². The highest BCUT2D eigenvalue weighted by Crippen LogP contribution is 2.38. The quantitative estimate of drug-likeness (QED) is 0.859. The van der Waals surface area contributed by atoms with Crippen molar-refractivity contribution in [1.29, 1.82) is 0 Å². The van der Waals surface area contributed by atoms with E-state index < -0.39 is 18.2 Å². The second-order valence-corrected chi connectivity index (χ2v) is 5.72. The minimum absolute atomic E-state index is 0.0817. The number of carbonyl (C=O) groups excluding carboxylic acids is 1. The maximum atomic E-state index is 12.8. The molecule has 0 aromatic heterocycles. The van der Waals surface area contributed by atoms with Gasteiger partial charge in [0.2, 0.25) is 5.91 Å². The van der Waals surface area contributed by atoms with Gasteiger partial charge in [0.25, 0.3) is 0 Å². The molecule has 116 valence electrons. The lowest BCUT2D eigenvalue weighted by Gasteiger charge is -2.29. The van der Waals surface area contributed by atoms with Gasteiger partial charge in [-0.3, -0.25) is 4.79 Å². The van der Waals surface area contributed by atoms with Crippen molar-refractivity contribution in [3.8, 4) is 0 Å². The predicted octanol–water partition coefficient (Wildman–Crippen LogP) is 1.72. The van der Waals surface area contributed by atoms with Crippen LogP contribution in [0.4, 0.5) is 13.2 Å². The zero-order valence-corrected chi connectivity index (χ0v) is 11.3. The first-order valence-electron chi connectivity index (χ1n) is 6.96. The van der Waals surface area contributed by atoms with Crippen molar-refractivity contribution in [3.05, 3.63) is 0 Å². The Morgan fingerprint density at radius 2 is 2.00 bits per heavy atom. The molecule has 1 N–H and O–H groups in total. The average Bonchev–Trinajstić information content (AvgIpc) is 3.15. The van der Waals surface area contributed by atoms with Crippen molar-refractivity contribution in [2.75, 3.05) is 26.3 Å². The summed E-state index contributed by atoms with van der Waals surface area (Å²) >= 11 is 0. The molecule has 1 aliphatic carbocycles. The van der Waals surface area contributed by atoms with Crippen LogP contribution in [-0.2, 0) is 9.53 Å². The highest BCUT2D eigenvalue weighted by atomic mass is 19.4. The number of ether oxygens (including phenoxy) is 1. The number of likely N-dealkylation sites (tertiary alicyclic amines) is 1. The van der Waals surface area contributed by atoms with Gasteiger partial charge >= 0.3 is 6.18 Å². The van der Waals surface area contributed by atoms with E-state index in [-0.39, 0.29) is 38.4 Å². The van der Waals surface area contributed by atoms with Crippen LogP contribution in [0.5, 0.6) is 0 Å². The number of halogens is 3. The lowest BCUT2D eigenvalue weighted by molar-refractivity contribution is -0.263. The molecule has 1 heterocycles. The van der Waals surface area contributed by atoms with Gasteiger partial charge in [0.1, 0.15) is 6.61 Å². The molecule has 0 bridgehead atoms. The van der Waals surface area contributed by atoms with Gasteiger partial charge in [-0.15, -0.1) is 0 Å². The third kappa shape index (κ3) is 3.85. The lowest BCUT2D eigenvalue weighted by Crippen LogP contribution is -2.46. The van der Waals surface area contributed by atoms with E-state index in [1.165, 1.54) is 4.90 Å². The minimum atomic E-state index is -4.64. The number of hydrogen-bond acceptors (Lipinski definition) is 3. The first kappa shape index (κ1) is 15.6. The molecule has 0 radical (unpaired) electrons. The molecule has 1 saturated carbocycles. The number of rotatable bonds is 4. The zero-order valence-electron chi connectivity index (χ0n) is 11.3. The molecule has 4 nitrogen and oxygen atoms in total. The molecule has 7 heteroatoms. The summed E-state index contributed by atoms with van der Waals surface area (Å²) in [5.41, 5.74) is -2.67. The Bertz CT molecular complexity index is 357. The highest BCUT2D eigenvalue weighted by molar-refractivity contribution is 5.77. The van der Waals surface area contributed by atoms with Crippen LogP contribution in [0, 0.1) is 5.92 Å². The summed E-state index contributed by atoms with van der Waals surface area (Å²) in [6, 6.07) is 0. The molecule has 1 amide bonds. The molecular weight excluding hydrogens is 275 g/mol. The topological polar surface area (TPSA) is 49.8 Å². The van der Waals surface area contributed by atoms with Crippen molar-refractivity contribution in [2.45, 2.75) is 43.9 Å². The second kappa shape index (κ2) is 5.89. The summed E-state index contributed by atoms with van der Waals surface area (Å²) in [5, 5.41) is 9.65. The third-order valence-electron chi connectivity index (χ3n) is 3.97. The Kier molecular flexibility index (Phi) is 4.59. The van der Waals surface area contributed by atoms with Crippen molar-refractivity contribution < 1.29 is 27.8 Å². The van der Waals surface area contributed by atoms with Crippen LogP contribution in [0.15, 0.2) is 0 Å². The Labute approximate surface area is 115 Å². The molecule has 1 unspecified atom stereocenters. The fourth-order valence-electron chi connectivity index (χ4n) is 2.34. The highest BCUT2D eigenvalue weighted by Gasteiger charge is 2.53. The predicted molar refractivity (Wildman–Crippen MR) is 65.0 cm³/mol. The number of nitrogens with zero attached hydrogens (tertiary/aromatic N) is 1. The van der Waals surface area contributed by atoms with E-state index >= 15 is 0 Å². The summed E-state index contributed by atoms with van der Waals surface area (Å²) in [5.74, 6) is 0.249. The van der Waals surface area contributed by atoms with Gasteiger partial charge in [-0.25, -0.2) is 0 Å². The first-order chi connectivity index (χ1) is 9.32. The third-order valence-corrected chi connectivity index (χ3v) is 3.97. The van der Waals surface area contributed by atoms with Crippen LogP contribution < -0.4 is 0 Å². The maximum absolute atomic E-state index is 12.8. The molecule has 0 spiro atoms. The number of hydrogen-bond donors (Lipinski definition) is 1. The van der Waals surface area contributed by atoms with Crippen LogP contribution in [0.3, 0.4) is 0 Å². The van der Waals surface area contributed by atoms with Gasteiger partial charge < -0.3 is 14.7 Å². The minimum Gasteiger partial charge on any atom is -0.380 e. The summed E-state index contributed by atoms with van der Waals surface area (Å²) in [4.78, 5) is 13.2. The molecular formula is C13H20F3NO3. The number of aliphatic hydroxyl groups is 1. The van der Waals surface area contributed by atoms with Gasteiger partial charge in [-0.2, -0.15) is 13.2 Å². The standard InChI is InChI=1S/C13H20F3NO3/c14-13(15,16)12(19)4-1-6-17(7-5-12)11(18)9-20-8-10-2-3-10/h10,19H,1-9H2. The molecule has 2 aliphatic rings. The smallest absolute Gasteiger partial charge is 0.380 e. The molecule has 0 aromatic rings. The van der Waals surface area contributed by atoms with Crippen LogP contribution >= 0.6 is 0 Å². The average molecular weight is 295 g/mol. The maximum Gasteiger partial charge on any atom is 0.417 e. The molecule has 2 rings (SSSR count). The lowest BCUT2D eigenvalue weighted by atomic mass is 9.94. The molecule has 1 saturated heterocycles. The largest absolute Gasteiger partial charge is 0.417 e.